The van der Waals surface area contributed by atoms with Gasteiger partial charge in [-0.15, -0.1) is 0 Å². The lowest BCUT2D eigenvalue weighted by Gasteiger charge is -2.30. The minimum Gasteiger partial charge on any atom is -0.494 e. The van der Waals surface area contributed by atoms with E-state index in [1.54, 1.807) is 44.6 Å². The maximum Gasteiger partial charge on any atom is 0.251 e. The van der Waals surface area contributed by atoms with Gasteiger partial charge in [0.25, 0.3) is 5.91 Å². The van der Waals surface area contributed by atoms with E-state index in [0.29, 0.717) is 59.2 Å². The van der Waals surface area contributed by atoms with Gasteiger partial charge >= 0.3 is 0 Å². The molecule has 0 radical (unpaired) electrons. The molecule has 2 atom stereocenters. The van der Waals surface area contributed by atoms with E-state index in [1.165, 1.54) is 7.11 Å². The first-order valence-electron chi connectivity index (χ1n) is 9.97. The van der Waals surface area contributed by atoms with Gasteiger partial charge in [0.05, 0.1) is 32.6 Å². The van der Waals surface area contributed by atoms with Crippen LogP contribution in [0.4, 0.5) is 0 Å². The predicted molar refractivity (Wildman–Crippen MR) is 118 cm³/mol. The molecule has 1 aliphatic carbocycles. The quantitative estimate of drug-likeness (QED) is 0.408. The first kappa shape index (κ1) is 23.3. The second kappa shape index (κ2) is 10.3. The van der Waals surface area contributed by atoms with E-state index in [9.17, 15) is 9.90 Å². The molecule has 3 rings (SSSR count). The summed E-state index contributed by atoms with van der Waals surface area (Å²) in [7, 11) is 4.67. The highest BCUT2D eigenvalue weighted by Crippen LogP contribution is 2.40. The van der Waals surface area contributed by atoms with E-state index in [1.807, 2.05) is 0 Å². The van der Waals surface area contributed by atoms with Crippen LogP contribution < -0.4 is 19.5 Å². The second-order valence-electron chi connectivity index (χ2n) is 7.24. The Hall–Kier alpha value is -2.36. The lowest BCUT2D eigenvalue weighted by atomic mass is 9.92. The van der Waals surface area contributed by atoms with Crippen LogP contribution in [0.15, 0.2) is 34.9 Å². The highest BCUT2D eigenvalue weighted by Gasteiger charge is 2.45. The zero-order chi connectivity index (χ0) is 22.4. The molecule has 1 aromatic heterocycles. The fourth-order valence-electron chi connectivity index (χ4n) is 3.71. The summed E-state index contributed by atoms with van der Waals surface area (Å²) in [6.07, 6.45) is 1.91. The van der Waals surface area contributed by atoms with E-state index in [4.69, 9.17) is 18.9 Å². The molecule has 2 unspecified atom stereocenters. The molecule has 1 fully saturated rings. The molecule has 1 amide bonds. The predicted octanol–water partition coefficient (Wildman–Crippen LogP) is 3.06. The number of pyridine rings is 1. The molecular formula is C22H27BrN2O6. The lowest BCUT2D eigenvalue weighted by Crippen LogP contribution is -2.47. The van der Waals surface area contributed by atoms with E-state index in [2.05, 4.69) is 26.2 Å². The van der Waals surface area contributed by atoms with E-state index < -0.39 is 11.6 Å². The van der Waals surface area contributed by atoms with Crippen LogP contribution in [-0.4, -0.2) is 56.6 Å². The van der Waals surface area contributed by atoms with Gasteiger partial charge in [-0.1, -0.05) is 0 Å². The molecule has 0 aliphatic heterocycles. The molecule has 31 heavy (non-hydrogen) atoms. The number of methoxy groups -OCH3 is 3. The van der Waals surface area contributed by atoms with Crippen molar-refractivity contribution in [1.29, 1.82) is 0 Å². The topological polar surface area (TPSA) is 99.1 Å². The molecule has 0 bridgehead atoms. The molecule has 2 N–H and O–H groups in total. The number of amides is 1. The number of carbonyl (C=O) groups is 1. The summed E-state index contributed by atoms with van der Waals surface area (Å²) in [5.41, 5.74) is -0.367. The van der Waals surface area contributed by atoms with E-state index in [0.717, 1.165) is 6.42 Å². The first-order chi connectivity index (χ1) is 14.9. The van der Waals surface area contributed by atoms with Crippen molar-refractivity contribution in [3.8, 4) is 17.2 Å². The van der Waals surface area contributed by atoms with Gasteiger partial charge < -0.3 is 29.4 Å². The molecule has 1 heterocycles. The minimum atomic E-state index is -1.27. The van der Waals surface area contributed by atoms with Crippen LogP contribution in [0, 0.1) is 0 Å². The van der Waals surface area contributed by atoms with Crippen LogP contribution in [0.3, 0.4) is 0 Å². The van der Waals surface area contributed by atoms with Crippen LogP contribution in [0.2, 0.25) is 0 Å². The number of ether oxygens (including phenoxy) is 4. The Balaban J connectivity index is 1.76. The van der Waals surface area contributed by atoms with Crippen molar-refractivity contribution in [3.63, 3.8) is 0 Å². The van der Waals surface area contributed by atoms with Gasteiger partial charge in [-0.2, -0.15) is 0 Å². The maximum absolute atomic E-state index is 12.9. The third kappa shape index (κ3) is 5.11. The molecule has 8 nitrogen and oxygen atoms in total. The fraction of sp³-hybridized carbons (Fsp3) is 0.455. The molecule has 0 saturated heterocycles. The Kier molecular flexibility index (Phi) is 7.74. The Morgan fingerprint density at radius 3 is 2.58 bits per heavy atom. The number of benzene rings is 1. The largest absolute Gasteiger partial charge is 0.494 e. The zero-order valence-corrected chi connectivity index (χ0v) is 19.4. The normalized spacial score (nSPS) is 20.4. The highest BCUT2D eigenvalue weighted by molar-refractivity contribution is 9.10. The molecule has 0 spiro atoms. The molecule has 1 aromatic carbocycles. The number of carbonyl (C=O) groups excluding carboxylic acids is 1. The van der Waals surface area contributed by atoms with Gasteiger partial charge in [0.2, 0.25) is 0 Å². The molecule has 2 aromatic rings. The number of nitrogens with one attached hydrogen (secondary N) is 1. The summed E-state index contributed by atoms with van der Waals surface area (Å²) in [4.78, 5) is 17.4. The van der Waals surface area contributed by atoms with Crippen LogP contribution in [0.1, 0.15) is 35.3 Å². The minimum absolute atomic E-state index is 0.306. The zero-order valence-electron chi connectivity index (χ0n) is 17.8. The third-order valence-electron chi connectivity index (χ3n) is 5.38. The van der Waals surface area contributed by atoms with Crippen LogP contribution in [-0.2, 0) is 10.3 Å². The third-order valence-corrected chi connectivity index (χ3v) is 5.95. The van der Waals surface area contributed by atoms with Crippen molar-refractivity contribution < 1.29 is 28.8 Å². The van der Waals surface area contributed by atoms with Crippen molar-refractivity contribution in [3.05, 3.63) is 46.2 Å². The number of hydrogen-bond donors (Lipinski definition) is 2. The second-order valence-corrected chi connectivity index (χ2v) is 7.99. The average molecular weight is 495 g/mol. The summed E-state index contributed by atoms with van der Waals surface area (Å²) < 4.78 is 21.7. The standard InChI is InChI=1S/C22H27BrN2O6/c1-28-11-12-31-15-7-6-14(13-17(15)30-3)21(26)25-18-5-4-10-22(18,27)19-9-8-16(29-2)20(23)24-19/h6-9,13,18,27H,4-5,10-12H2,1-3H3,(H,25,26). The molecule has 9 heteroatoms. The summed E-state index contributed by atoms with van der Waals surface area (Å²) in [5.74, 6) is 1.25. The molecule has 168 valence electrons. The Morgan fingerprint density at radius 2 is 1.90 bits per heavy atom. The van der Waals surface area contributed by atoms with Gasteiger partial charge in [0.15, 0.2) is 17.2 Å². The number of aliphatic hydroxyl groups is 1. The highest BCUT2D eigenvalue weighted by atomic mass is 79.9. The van der Waals surface area contributed by atoms with Crippen molar-refractivity contribution in [1.82, 2.24) is 10.3 Å². The average Bonchev–Trinajstić information content (AvgIpc) is 3.15. The number of nitrogens with zero attached hydrogens (tertiary/aromatic N) is 1. The van der Waals surface area contributed by atoms with Crippen molar-refractivity contribution >= 4 is 21.8 Å². The van der Waals surface area contributed by atoms with Crippen molar-refractivity contribution in [2.45, 2.75) is 30.9 Å². The Labute approximate surface area is 190 Å². The molecule has 1 saturated carbocycles. The Bertz CT molecular complexity index is 925. The van der Waals surface area contributed by atoms with Gasteiger partial charge in [0.1, 0.15) is 16.8 Å². The summed E-state index contributed by atoms with van der Waals surface area (Å²) in [6, 6.07) is 7.96. The number of halogens is 1. The fourth-order valence-corrected chi connectivity index (χ4v) is 4.19. The SMILES string of the molecule is COCCOc1ccc(C(=O)NC2CCCC2(O)c2ccc(OC)c(Br)n2)cc1OC. The smallest absolute Gasteiger partial charge is 0.251 e. The van der Waals surface area contributed by atoms with E-state index >= 15 is 0 Å². The first-order valence-corrected chi connectivity index (χ1v) is 10.8. The maximum atomic E-state index is 12.9. The van der Waals surface area contributed by atoms with Crippen LogP contribution in [0.25, 0.3) is 0 Å². The van der Waals surface area contributed by atoms with Gasteiger partial charge in [0, 0.05) is 12.7 Å². The van der Waals surface area contributed by atoms with Gasteiger partial charge in [-0.3, -0.25) is 4.79 Å². The van der Waals surface area contributed by atoms with Crippen LogP contribution >= 0.6 is 15.9 Å². The van der Waals surface area contributed by atoms with Crippen molar-refractivity contribution in [2.24, 2.45) is 0 Å². The summed E-state index contributed by atoms with van der Waals surface area (Å²) >= 11 is 3.36. The Morgan fingerprint density at radius 1 is 1.16 bits per heavy atom. The number of hydrogen-bond acceptors (Lipinski definition) is 7. The summed E-state index contributed by atoms with van der Waals surface area (Å²) in [6.45, 7) is 0.819. The molecule has 1 aliphatic rings. The van der Waals surface area contributed by atoms with E-state index in [-0.39, 0.29) is 5.91 Å². The van der Waals surface area contributed by atoms with Crippen molar-refractivity contribution in [2.75, 3.05) is 34.5 Å². The monoisotopic (exact) mass is 494 g/mol. The molecular weight excluding hydrogens is 468 g/mol. The number of aromatic nitrogens is 1. The summed E-state index contributed by atoms with van der Waals surface area (Å²) in [5, 5.41) is 14.3. The van der Waals surface area contributed by atoms with Gasteiger partial charge in [-0.05, 0) is 65.5 Å². The number of rotatable bonds is 9. The lowest BCUT2D eigenvalue weighted by molar-refractivity contribution is 0.0118. The van der Waals surface area contributed by atoms with Crippen LogP contribution in [0.5, 0.6) is 17.2 Å². The van der Waals surface area contributed by atoms with Gasteiger partial charge in [-0.25, -0.2) is 4.98 Å².